The van der Waals surface area contributed by atoms with Crippen molar-refractivity contribution in [2.24, 2.45) is 11.7 Å². The zero-order chi connectivity index (χ0) is 10.6. The summed E-state index contributed by atoms with van der Waals surface area (Å²) in [5.74, 6) is 0.277. The lowest BCUT2D eigenvalue weighted by molar-refractivity contribution is -0.125. The minimum absolute atomic E-state index is 0.115. The molecule has 1 rings (SSSR count). The van der Waals surface area contributed by atoms with Crippen LogP contribution in [0.2, 0.25) is 0 Å². The van der Waals surface area contributed by atoms with E-state index in [2.05, 4.69) is 5.32 Å². The smallest absolute Gasteiger partial charge is 0.223 e. The first kappa shape index (κ1) is 11.5. The molecule has 14 heavy (non-hydrogen) atoms. The summed E-state index contributed by atoms with van der Waals surface area (Å²) in [5, 5.41) is 3.06. The van der Waals surface area contributed by atoms with Crippen molar-refractivity contribution in [2.45, 2.75) is 58.0 Å². The Labute approximate surface area is 86.4 Å². The average molecular weight is 198 g/mol. The van der Waals surface area contributed by atoms with Gasteiger partial charge in [-0.1, -0.05) is 26.7 Å². The van der Waals surface area contributed by atoms with Crippen LogP contribution < -0.4 is 11.1 Å². The first-order valence-electron chi connectivity index (χ1n) is 5.71. The van der Waals surface area contributed by atoms with Crippen molar-refractivity contribution in [1.82, 2.24) is 5.32 Å². The molecule has 0 aromatic heterocycles. The second-order valence-electron chi connectivity index (χ2n) is 4.37. The number of nitrogens with one attached hydrogen (secondary N) is 1. The summed E-state index contributed by atoms with van der Waals surface area (Å²) < 4.78 is 0. The maximum Gasteiger partial charge on any atom is 0.223 e. The first-order chi connectivity index (χ1) is 6.65. The van der Waals surface area contributed by atoms with E-state index in [4.69, 9.17) is 5.73 Å². The molecule has 0 aliphatic heterocycles. The highest BCUT2D eigenvalue weighted by Gasteiger charge is 2.24. The lowest BCUT2D eigenvalue weighted by Crippen LogP contribution is -2.50. The van der Waals surface area contributed by atoms with Crippen molar-refractivity contribution < 1.29 is 4.79 Å². The van der Waals surface area contributed by atoms with Gasteiger partial charge in [-0.15, -0.1) is 0 Å². The largest absolute Gasteiger partial charge is 0.352 e. The molecule has 1 aliphatic rings. The Morgan fingerprint density at radius 2 is 2.14 bits per heavy atom. The fourth-order valence-corrected chi connectivity index (χ4v) is 1.85. The molecule has 3 N–H and O–H groups in total. The van der Waals surface area contributed by atoms with Gasteiger partial charge in [0.2, 0.25) is 5.91 Å². The highest BCUT2D eigenvalue weighted by molar-refractivity contribution is 5.78. The predicted molar refractivity (Wildman–Crippen MR) is 57.8 cm³/mol. The summed E-state index contributed by atoms with van der Waals surface area (Å²) in [5.41, 5.74) is 5.95. The van der Waals surface area contributed by atoms with Crippen LogP contribution in [-0.4, -0.2) is 18.0 Å². The van der Waals surface area contributed by atoms with Crippen LogP contribution in [0.3, 0.4) is 0 Å². The van der Waals surface area contributed by atoms with Gasteiger partial charge in [-0.25, -0.2) is 0 Å². The number of carbonyl (C=O) groups excluding carboxylic acids is 1. The fraction of sp³-hybridized carbons (Fsp3) is 0.909. The van der Waals surface area contributed by atoms with E-state index >= 15 is 0 Å². The van der Waals surface area contributed by atoms with Gasteiger partial charge in [0.05, 0.1) is 0 Å². The molecular weight excluding hydrogens is 176 g/mol. The summed E-state index contributed by atoms with van der Waals surface area (Å²) in [6.07, 6.45) is 5.39. The molecule has 0 aromatic rings. The Kier molecular flexibility index (Phi) is 4.39. The Hall–Kier alpha value is -0.570. The van der Waals surface area contributed by atoms with E-state index in [0.29, 0.717) is 0 Å². The maximum atomic E-state index is 11.6. The molecule has 1 aliphatic carbocycles. The zero-order valence-electron chi connectivity index (χ0n) is 9.25. The van der Waals surface area contributed by atoms with Gasteiger partial charge in [0, 0.05) is 18.0 Å². The highest BCUT2D eigenvalue weighted by Crippen LogP contribution is 2.17. The van der Waals surface area contributed by atoms with Crippen molar-refractivity contribution >= 4 is 5.91 Å². The second kappa shape index (κ2) is 5.35. The third-order valence-electron chi connectivity index (χ3n) is 3.21. The number of nitrogens with two attached hydrogens (primary N) is 1. The molecule has 82 valence electrons. The third kappa shape index (κ3) is 2.98. The van der Waals surface area contributed by atoms with Crippen LogP contribution >= 0.6 is 0 Å². The zero-order valence-corrected chi connectivity index (χ0v) is 9.25. The van der Waals surface area contributed by atoms with Gasteiger partial charge in [0.25, 0.3) is 0 Å². The molecule has 3 heteroatoms. The molecule has 0 bridgehead atoms. The Morgan fingerprint density at radius 3 is 2.71 bits per heavy atom. The minimum Gasteiger partial charge on any atom is -0.352 e. The molecule has 0 radical (unpaired) electrons. The normalized spacial score (nSPS) is 29.6. The summed E-state index contributed by atoms with van der Waals surface area (Å²) in [7, 11) is 0. The fourth-order valence-electron chi connectivity index (χ4n) is 1.85. The molecule has 1 saturated carbocycles. The van der Waals surface area contributed by atoms with Crippen LogP contribution in [0.25, 0.3) is 0 Å². The number of hydrogen-bond acceptors (Lipinski definition) is 2. The van der Waals surface area contributed by atoms with Gasteiger partial charge in [-0.3, -0.25) is 4.79 Å². The van der Waals surface area contributed by atoms with E-state index in [1.54, 1.807) is 0 Å². The van der Waals surface area contributed by atoms with Crippen molar-refractivity contribution in [1.29, 1.82) is 0 Å². The van der Waals surface area contributed by atoms with E-state index in [0.717, 1.165) is 19.3 Å². The topological polar surface area (TPSA) is 55.1 Å². The van der Waals surface area contributed by atoms with Crippen molar-refractivity contribution in [2.75, 3.05) is 0 Å². The predicted octanol–water partition coefficient (Wildman–Crippen LogP) is 1.42. The minimum atomic E-state index is 0.115. The first-order valence-corrected chi connectivity index (χ1v) is 5.71. The van der Waals surface area contributed by atoms with Crippen molar-refractivity contribution in [3.63, 3.8) is 0 Å². The van der Waals surface area contributed by atoms with E-state index in [-0.39, 0.29) is 23.9 Å². The second-order valence-corrected chi connectivity index (χ2v) is 4.37. The lowest BCUT2D eigenvalue weighted by Gasteiger charge is -2.30. The van der Waals surface area contributed by atoms with Crippen LogP contribution in [0, 0.1) is 5.92 Å². The Balaban J connectivity index is 2.38. The molecule has 1 fully saturated rings. The highest BCUT2D eigenvalue weighted by atomic mass is 16.1. The number of carbonyl (C=O) groups is 1. The van der Waals surface area contributed by atoms with Crippen LogP contribution in [-0.2, 0) is 4.79 Å². The van der Waals surface area contributed by atoms with Crippen molar-refractivity contribution in [3.8, 4) is 0 Å². The van der Waals surface area contributed by atoms with Gasteiger partial charge in [-0.05, 0) is 19.3 Å². The summed E-state index contributed by atoms with van der Waals surface area (Å²) in [4.78, 5) is 11.6. The van der Waals surface area contributed by atoms with Gasteiger partial charge in [0.1, 0.15) is 0 Å². The molecule has 3 nitrogen and oxygen atoms in total. The molecular formula is C11H22N2O. The average Bonchev–Trinajstić information content (AvgIpc) is 2.20. The molecule has 3 atom stereocenters. The number of hydrogen-bond donors (Lipinski definition) is 2. The van der Waals surface area contributed by atoms with Crippen LogP contribution in [0.15, 0.2) is 0 Å². The van der Waals surface area contributed by atoms with E-state index in [9.17, 15) is 4.79 Å². The standard InChI is InChI=1S/C11H22N2O/c1-3-8(2)11(14)13-10-7-5-4-6-9(10)12/h8-10H,3-7,12H2,1-2H3,(H,13,14). The molecule has 0 spiro atoms. The van der Waals surface area contributed by atoms with E-state index in [1.165, 1.54) is 12.8 Å². The summed E-state index contributed by atoms with van der Waals surface area (Å²) in [6.45, 7) is 3.99. The van der Waals surface area contributed by atoms with Gasteiger partial charge in [-0.2, -0.15) is 0 Å². The number of rotatable bonds is 3. The van der Waals surface area contributed by atoms with Crippen LogP contribution in [0.1, 0.15) is 46.0 Å². The monoisotopic (exact) mass is 198 g/mol. The van der Waals surface area contributed by atoms with Gasteiger partial charge >= 0.3 is 0 Å². The van der Waals surface area contributed by atoms with Gasteiger partial charge in [0.15, 0.2) is 0 Å². The third-order valence-corrected chi connectivity index (χ3v) is 3.21. The molecule has 0 heterocycles. The number of amides is 1. The molecule has 0 saturated heterocycles. The quantitative estimate of drug-likeness (QED) is 0.720. The van der Waals surface area contributed by atoms with Crippen LogP contribution in [0.5, 0.6) is 0 Å². The summed E-state index contributed by atoms with van der Waals surface area (Å²) >= 11 is 0. The SMILES string of the molecule is CCC(C)C(=O)NC1CCCCC1N. The van der Waals surface area contributed by atoms with E-state index in [1.807, 2.05) is 13.8 Å². The van der Waals surface area contributed by atoms with E-state index < -0.39 is 0 Å². The summed E-state index contributed by atoms with van der Waals surface area (Å²) in [6, 6.07) is 0.377. The Morgan fingerprint density at radius 1 is 1.50 bits per heavy atom. The molecule has 3 unspecified atom stereocenters. The lowest BCUT2D eigenvalue weighted by atomic mass is 9.90. The Bertz CT molecular complexity index is 194. The van der Waals surface area contributed by atoms with Gasteiger partial charge < -0.3 is 11.1 Å². The van der Waals surface area contributed by atoms with Crippen LogP contribution in [0.4, 0.5) is 0 Å². The van der Waals surface area contributed by atoms with Crippen molar-refractivity contribution in [3.05, 3.63) is 0 Å². The molecule has 1 amide bonds. The molecule has 0 aromatic carbocycles. The maximum absolute atomic E-state index is 11.6.